The van der Waals surface area contributed by atoms with E-state index in [0.717, 1.165) is 38.0 Å². The Hall–Kier alpha value is -1.67. The lowest BCUT2D eigenvalue weighted by Gasteiger charge is -2.43. The molecule has 0 amide bonds. The lowest BCUT2D eigenvalue weighted by atomic mass is 9.91. The molecule has 5 heteroatoms. The Kier molecular flexibility index (Phi) is 3.11. The van der Waals surface area contributed by atoms with Crippen molar-refractivity contribution in [2.24, 2.45) is 0 Å². The standard InChI is InChI=1S/C13H17N5/c14-8-11-9-16-13(10-15-11)18-6-4-17(5-7-18)12-2-1-3-12/h9-10,12H,1-7H2. The van der Waals surface area contributed by atoms with E-state index in [9.17, 15) is 0 Å². The van der Waals surface area contributed by atoms with Crippen LogP contribution in [0.2, 0.25) is 0 Å². The third kappa shape index (κ3) is 2.16. The van der Waals surface area contributed by atoms with Crippen LogP contribution in [-0.2, 0) is 0 Å². The highest BCUT2D eigenvalue weighted by Gasteiger charge is 2.28. The lowest BCUT2D eigenvalue weighted by molar-refractivity contribution is 0.120. The molecule has 0 aromatic carbocycles. The van der Waals surface area contributed by atoms with Crippen LogP contribution < -0.4 is 4.90 Å². The first-order chi connectivity index (χ1) is 8.86. The molecule has 0 bridgehead atoms. The average Bonchev–Trinajstić information content (AvgIpc) is 2.38. The highest BCUT2D eigenvalue weighted by Crippen LogP contribution is 2.26. The Morgan fingerprint density at radius 1 is 1.11 bits per heavy atom. The molecule has 2 fully saturated rings. The first kappa shape index (κ1) is 11.4. The largest absolute Gasteiger partial charge is 0.353 e. The Morgan fingerprint density at radius 2 is 1.89 bits per heavy atom. The zero-order valence-corrected chi connectivity index (χ0v) is 10.4. The predicted octanol–water partition coefficient (Wildman–Crippen LogP) is 1.02. The van der Waals surface area contributed by atoms with E-state index in [1.165, 1.54) is 19.3 Å². The summed E-state index contributed by atoms with van der Waals surface area (Å²) in [6.45, 7) is 4.26. The van der Waals surface area contributed by atoms with Crippen LogP contribution in [0.3, 0.4) is 0 Å². The second-order valence-corrected chi connectivity index (χ2v) is 4.98. The SMILES string of the molecule is N#Cc1cnc(N2CCN(C3CCC3)CC2)cn1. The van der Waals surface area contributed by atoms with E-state index in [0.29, 0.717) is 5.69 Å². The number of hydrogen-bond donors (Lipinski definition) is 0. The van der Waals surface area contributed by atoms with Crippen molar-refractivity contribution in [2.75, 3.05) is 31.1 Å². The molecule has 1 aromatic rings. The molecule has 5 nitrogen and oxygen atoms in total. The van der Waals surface area contributed by atoms with Crippen molar-refractivity contribution in [2.45, 2.75) is 25.3 Å². The molecule has 0 N–H and O–H groups in total. The van der Waals surface area contributed by atoms with Crippen LogP contribution in [0.1, 0.15) is 25.0 Å². The van der Waals surface area contributed by atoms with Gasteiger partial charge in [0.25, 0.3) is 0 Å². The van der Waals surface area contributed by atoms with Gasteiger partial charge in [-0.15, -0.1) is 0 Å². The van der Waals surface area contributed by atoms with Crippen molar-refractivity contribution in [3.63, 3.8) is 0 Å². The first-order valence-corrected chi connectivity index (χ1v) is 6.58. The van der Waals surface area contributed by atoms with Gasteiger partial charge in [-0.25, -0.2) is 9.97 Å². The van der Waals surface area contributed by atoms with Crippen LogP contribution in [-0.4, -0.2) is 47.1 Å². The van der Waals surface area contributed by atoms with Crippen LogP contribution in [0.15, 0.2) is 12.4 Å². The minimum absolute atomic E-state index is 0.381. The van der Waals surface area contributed by atoms with E-state index >= 15 is 0 Å². The summed E-state index contributed by atoms with van der Waals surface area (Å²) in [7, 11) is 0. The average molecular weight is 243 g/mol. The fourth-order valence-electron chi connectivity index (χ4n) is 2.61. The maximum Gasteiger partial charge on any atom is 0.158 e. The molecule has 0 unspecified atom stereocenters. The van der Waals surface area contributed by atoms with Crippen molar-refractivity contribution in [3.8, 4) is 6.07 Å². The van der Waals surface area contributed by atoms with Gasteiger partial charge in [0, 0.05) is 32.2 Å². The minimum atomic E-state index is 0.381. The maximum atomic E-state index is 8.70. The molecule has 3 rings (SSSR count). The number of hydrogen-bond acceptors (Lipinski definition) is 5. The molecule has 2 heterocycles. The summed E-state index contributed by atoms with van der Waals surface area (Å²) in [5, 5.41) is 8.70. The molecule has 1 aromatic heterocycles. The number of aromatic nitrogens is 2. The van der Waals surface area contributed by atoms with E-state index in [1.807, 2.05) is 6.07 Å². The van der Waals surface area contributed by atoms with E-state index in [2.05, 4.69) is 19.8 Å². The lowest BCUT2D eigenvalue weighted by Crippen LogP contribution is -2.52. The van der Waals surface area contributed by atoms with Crippen LogP contribution in [0.25, 0.3) is 0 Å². The van der Waals surface area contributed by atoms with Crippen molar-refractivity contribution in [1.29, 1.82) is 5.26 Å². The summed E-state index contributed by atoms with van der Waals surface area (Å²) in [6.07, 6.45) is 7.39. The Bertz CT molecular complexity index is 437. The molecule has 18 heavy (non-hydrogen) atoms. The van der Waals surface area contributed by atoms with Crippen molar-refractivity contribution in [3.05, 3.63) is 18.1 Å². The van der Waals surface area contributed by atoms with Gasteiger partial charge in [0.2, 0.25) is 0 Å². The molecule has 94 valence electrons. The van der Waals surface area contributed by atoms with Gasteiger partial charge in [-0.05, 0) is 12.8 Å². The van der Waals surface area contributed by atoms with E-state index < -0.39 is 0 Å². The molecular formula is C13H17N5. The predicted molar refractivity (Wildman–Crippen MR) is 68.2 cm³/mol. The Labute approximate surface area is 107 Å². The van der Waals surface area contributed by atoms with Gasteiger partial charge in [-0.2, -0.15) is 5.26 Å². The molecular weight excluding hydrogens is 226 g/mol. The van der Waals surface area contributed by atoms with Crippen molar-refractivity contribution in [1.82, 2.24) is 14.9 Å². The van der Waals surface area contributed by atoms with Gasteiger partial charge in [0.15, 0.2) is 5.69 Å². The van der Waals surface area contributed by atoms with Crippen LogP contribution >= 0.6 is 0 Å². The normalized spacial score (nSPS) is 21.4. The second kappa shape index (κ2) is 4.91. The zero-order chi connectivity index (χ0) is 12.4. The summed E-state index contributed by atoms with van der Waals surface area (Å²) < 4.78 is 0. The Balaban J connectivity index is 1.59. The fourth-order valence-corrected chi connectivity index (χ4v) is 2.61. The highest BCUT2D eigenvalue weighted by molar-refractivity contribution is 5.37. The minimum Gasteiger partial charge on any atom is -0.353 e. The number of nitriles is 1. The molecule has 0 spiro atoms. The molecule has 0 radical (unpaired) electrons. The monoisotopic (exact) mass is 243 g/mol. The van der Waals surface area contributed by atoms with Crippen LogP contribution in [0.5, 0.6) is 0 Å². The van der Waals surface area contributed by atoms with Gasteiger partial charge in [0.05, 0.1) is 12.4 Å². The Morgan fingerprint density at radius 3 is 2.39 bits per heavy atom. The molecule has 1 aliphatic carbocycles. The van der Waals surface area contributed by atoms with Gasteiger partial charge >= 0.3 is 0 Å². The third-order valence-corrected chi connectivity index (χ3v) is 3.98. The summed E-state index contributed by atoms with van der Waals surface area (Å²) >= 11 is 0. The van der Waals surface area contributed by atoms with Crippen molar-refractivity contribution < 1.29 is 0 Å². The van der Waals surface area contributed by atoms with E-state index in [-0.39, 0.29) is 0 Å². The van der Waals surface area contributed by atoms with Crippen LogP contribution in [0.4, 0.5) is 5.82 Å². The van der Waals surface area contributed by atoms with Gasteiger partial charge in [0.1, 0.15) is 11.9 Å². The summed E-state index contributed by atoms with van der Waals surface area (Å²) in [6, 6.07) is 2.83. The molecule has 1 saturated carbocycles. The van der Waals surface area contributed by atoms with Crippen molar-refractivity contribution >= 4 is 5.82 Å². The fraction of sp³-hybridized carbons (Fsp3) is 0.615. The summed E-state index contributed by atoms with van der Waals surface area (Å²) in [4.78, 5) is 13.2. The van der Waals surface area contributed by atoms with Gasteiger partial charge < -0.3 is 4.90 Å². The number of nitrogens with zero attached hydrogens (tertiary/aromatic N) is 5. The maximum absolute atomic E-state index is 8.70. The molecule has 1 aliphatic heterocycles. The number of rotatable bonds is 2. The third-order valence-electron chi connectivity index (χ3n) is 3.98. The van der Waals surface area contributed by atoms with E-state index in [1.54, 1.807) is 12.4 Å². The second-order valence-electron chi connectivity index (χ2n) is 4.98. The van der Waals surface area contributed by atoms with E-state index in [4.69, 9.17) is 5.26 Å². The first-order valence-electron chi connectivity index (χ1n) is 6.58. The molecule has 2 aliphatic rings. The smallest absolute Gasteiger partial charge is 0.158 e. The quantitative estimate of drug-likeness (QED) is 0.776. The number of anilines is 1. The molecule has 1 saturated heterocycles. The number of piperazine rings is 1. The highest BCUT2D eigenvalue weighted by atomic mass is 15.3. The topological polar surface area (TPSA) is 56.1 Å². The van der Waals surface area contributed by atoms with Gasteiger partial charge in [-0.3, -0.25) is 4.90 Å². The van der Waals surface area contributed by atoms with Crippen LogP contribution in [0, 0.1) is 11.3 Å². The van der Waals surface area contributed by atoms with Gasteiger partial charge in [-0.1, -0.05) is 6.42 Å². The summed E-state index contributed by atoms with van der Waals surface area (Å²) in [5.41, 5.74) is 0.381. The summed E-state index contributed by atoms with van der Waals surface area (Å²) in [5.74, 6) is 0.891. The zero-order valence-electron chi connectivity index (χ0n) is 10.4. The molecule has 0 atom stereocenters.